The Balaban J connectivity index is 1.46. The van der Waals surface area contributed by atoms with Gasteiger partial charge < -0.3 is 21.3 Å². The third-order valence-corrected chi connectivity index (χ3v) is 5.14. The molecule has 3 heterocycles. The van der Waals surface area contributed by atoms with E-state index < -0.39 is 0 Å². The number of ether oxygens (including phenoxy) is 1. The Morgan fingerprint density at radius 3 is 2.92 bits per heavy atom. The van der Waals surface area contributed by atoms with E-state index in [4.69, 9.17) is 16.2 Å². The van der Waals surface area contributed by atoms with Gasteiger partial charge in [0, 0.05) is 25.9 Å². The molecule has 1 aromatic carbocycles. The average molecular weight is 341 g/mol. The number of likely N-dealkylation sites (tertiary alicyclic amines) is 1. The van der Waals surface area contributed by atoms with Gasteiger partial charge in [0.2, 0.25) is 11.8 Å². The number of hydrogen-bond donors (Lipinski definition) is 3. The first-order valence-electron chi connectivity index (χ1n) is 8.64. The van der Waals surface area contributed by atoms with Gasteiger partial charge in [-0.15, -0.1) is 0 Å². The van der Waals surface area contributed by atoms with Gasteiger partial charge >= 0.3 is 0 Å². The van der Waals surface area contributed by atoms with Gasteiger partial charge in [-0.25, -0.2) is 0 Å². The van der Waals surface area contributed by atoms with Crippen molar-refractivity contribution in [2.75, 3.05) is 24.6 Å². The van der Waals surface area contributed by atoms with Crippen molar-refractivity contribution in [2.24, 2.45) is 0 Å². The van der Waals surface area contributed by atoms with Crippen LogP contribution in [-0.2, 0) is 13.0 Å². The Hall–Kier alpha value is -2.54. The number of rotatable bonds is 2. The molecule has 2 aliphatic heterocycles. The average Bonchev–Trinajstić information content (AvgIpc) is 2.80. The smallest absolute Gasteiger partial charge is 0.225 e. The third kappa shape index (κ3) is 3.19. The molecule has 0 unspecified atom stereocenters. The Morgan fingerprint density at radius 2 is 2.08 bits per heavy atom. The molecule has 4 rings (SSSR count). The number of phenols is 1. The lowest BCUT2D eigenvalue weighted by Crippen LogP contribution is -2.36. The van der Waals surface area contributed by atoms with E-state index in [2.05, 4.69) is 14.9 Å². The molecule has 0 radical (unpaired) electrons. The van der Waals surface area contributed by atoms with Crippen molar-refractivity contribution in [3.63, 3.8) is 0 Å². The summed E-state index contributed by atoms with van der Waals surface area (Å²) in [5.74, 6) is 1.45. The van der Waals surface area contributed by atoms with Gasteiger partial charge in [0.05, 0.1) is 5.56 Å². The molecule has 2 aliphatic rings. The van der Waals surface area contributed by atoms with Crippen LogP contribution < -0.4 is 16.2 Å². The van der Waals surface area contributed by atoms with Crippen LogP contribution >= 0.6 is 0 Å². The number of nitrogen functional groups attached to an aromatic ring is 2. The lowest BCUT2D eigenvalue weighted by Gasteiger charge is -2.27. The minimum atomic E-state index is -0.257. The van der Waals surface area contributed by atoms with Gasteiger partial charge in [-0.3, -0.25) is 4.90 Å². The zero-order valence-electron chi connectivity index (χ0n) is 14.1. The third-order valence-electron chi connectivity index (χ3n) is 5.14. The summed E-state index contributed by atoms with van der Waals surface area (Å²) in [6.07, 6.45) is 3.64. The second-order valence-corrected chi connectivity index (χ2v) is 7.01. The summed E-state index contributed by atoms with van der Waals surface area (Å²) in [6.45, 7) is 2.75. The number of aromatic nitrogens is 2. The van der Waals surface area contributed by atoms with Gasteiger partial charge in [0.25, 0.3) is 0 Å². The van der Waals surface area contributed by atoms with Gasteiger partial charge in [0.15, 0.2) is 0 Å². The number of nitrogens with two attached hydrogens (primary N) is 2. The van der Waals surface area contributed by atoms with Gasteiger partial charge in [-0.2, -0.15) is 9.97 Å². The molecule has 7 nitrogen and oxygen atoms in total. The van der Waals surface area contributed by atoms with Gasteiger partial charge in [0.1, 0.15) is 17.2 Å². The summed E-state index contributed by atoms with van der Waals surface area (Å²) in [6, 6.07) is 7.44. The van der Waals surface area contributed by atoms with Crippen LogP contribution in [0.4, 0.5) is 11.8 Å². The largest absolute Gasteiger partial charge is 0.508 e. The number of nitrogens with zero attached hydrogens (tertiary/aromatic N) is 3. The second kappa shape index (κ2) is 6.07. The normalized spacial score (nSPS) is 23.2. The van der Waals surface area contributed by atoms with Gasteiger partial charge in [-0.05, 0) is 37.1 Å². The standard InChI is InChI=1S/C18H23N5O2/c19-15-14-10-18(25-16(14)22-17(20)21-15)5-2-7-23(8-6-18)11-12-3-1-4-13(24)9-12/h1,3-4,9,24H,2,5-8,10-11H2,(H4,19,20,21,22)/t18-/m1/s1. The molecular formula is C18H23N5O2. The van der Waals surface area contributed by atoms with Crippen LogP contribution in [0.5, 0.6) is 11.6 Å². The van der Waals surface area contributed by atoms with Crippen LogP contribution in [-0.4, -0.2) is 38.7 Å². The molecule has 0 saturated carbocycles. The molecular weight excluding hydrogens is 318 g/mol. The van der Waals surface area contributed by atoms with E-state index in [0.29, 0.717) is 17.4 Å². The maximum absolute atomic E-state index is 9.64. The van der Waals surface area contributed by atoms with E-state index in [1.165, 1.54) is 0 Å². The molecule has 7 heteroatoms. The van der Waals surface area contributed by atoms with Crippen LogP contribution in [0.3, 0.4) is 0 Å². The molecule has 0 amide bonds. The molecule has 1 fully saturated rings. The molecule has 1 aromatic heterocycles. The fourth-order valence-electron chi connectivity index (χ4n) is 3.88. The molecule has 25 heavy (non-hydrogen) atoms. The van der Waals surface area contributed by atoms with Crippen molar-refractivity contribution >= 4 is 11.8 Å². The molecule has 5 N–H and O–H groups in total. The molecule has 1 saturated heterocycles. The Labute approximate surface area is 146 Å². The van der Waals surface area contributed by atoms with E-state index in [0.717, 1.165) is 56.4 Å². The topological polar surface area (TPSA) is 111 Å². The van der Waals surface area contributed by atoms with Crippen LogP contribution in [0.2, 0.25) is 0 Å². The van der Waals surface area contributed by atoms with Gasteiger partial charge in [-0.1, -0.05) is 12.1 Å². The molecule has 2 aromatic rings. The summed E-state index contributed by atoms with van der Waals surface area (Å²) in [5, 5.41) is 9.64. The summed E-state index contributed by atoms with van der Waals surface area (Å²) in [4.78, 5) is 10.7. The summed E-state index contributed by atoms with van der Waals surface area (Å²) in [5.41, 5.74) is 13.4. The number of aromatic hydroxyl groups is 1. The molecule has 0 aliphatic carbocycles. The maximum Gasteiger partial charge on any atom is 0.225 e. The summed E-state index contributed by atoms with van der Waals surface area (Å²) < 4.78 is 6.22. The molecule has 1 atom stereocenters. The summed E-state index contributed by atoms with van der Waals surface area (Å²) >= 11 is 0. The second-order valence-electron chi connectivity index (χ2n) is 7.01. The zero-order chi connectivity index (χ0) is 17.4. The Kier molecular flexibility index (Phi) is 3.88. The highest BCUT2D eigenvalue weighted by Crippen LogP contribution is 2.42. The number of anilines is 2. The monoisotopic (exact) mass is 341 g/mol. The predicted molar refractivity (Wildman–Crippen MR) is 95.2 cm³/mol. The molecule has 0 bridgehead atoms. The van der Waals surface area contributed by atoms with E-state index in [1.807, 2.05) is 18.2 Å². The summed E-state index contributed by atoms with van der Waals surface area (Å²) in [7, 11) is 0. The SMILES string of the molecule is Nc1nc(N)c2c(n1)O[C@@]1(CCCN(Cc3cccc(O)c3)CC1)C2. The number of fused-ring (bicyclic) bond motifs is 1. The minimum absolute atomic E-state index is 0.160. The number of benzene rings is 1. The van der Waals surface area contributed by atoms with Crippen molar-refractivity contribution < 1.29 is 9.84 Å². The molecule has 132 valence electrons. The first-order chi connectivity index (χ1) is 12.0. The van der Waals surface area contributed by atoms with E-state index in [1.54, 1.807) is 6.07 Å². The zero-order valence-corrected chi connectivity index (χ0v) is 14.1. The minimum Gasteiger partial charge on any atom is -0.508 e. The van der Waals surface area contributed by atoms with Crippen LogP contribution in [0, 0.1) is 0 Å². The highest BCUT2D eigenvalue weighted by Gasteiger charge is 2.42. The molecule has 1 spiro atoms. The van der Waals surface area contributed by atoms with Crippen molar-refractivity contribution in [1.82, 2.24) is 14.9 Å². The highest BCUT2D eigenvalue weighted by molar-refractivity contribution is 5.52. The van der Waals surface area contributed by atoms with Crippen molar-refractivity contribution in [3.05, 3.63) is 35.4 Å². The lowest BCUT2D eigenvalue weighted by molar-refractivity contribution is 0.0728. The van der Waals surface area contributed by atoms with E-state index in [9.17, 15) is 5.11 Å². The van der Waals surface area contributed by atoms with E-state index in [-0.39, 0.29) is 11.5 Å². The highest BCUT2D eigenvalue weighted by atomic mass is 16.5. The fourth-order valence-corrected chi connectivity index (χ4v) is 3.88. The van der Waals surface area contributed by atoms with Crippen LogP contribution in [0.25, 0.3) is 0 Å². The lowest BCUT2D eigenvalue weighted by atomic mass is 9.90. The van der Waals surface area contributed by atoms with Crippen molar-refractivity contribution in [2.45, 2.75) is 37.8 Å². The van der Waals surface area contributed by atoms with Crippen molar-refractivity contribution in [3.8, 4) is 11.6 Å². The quantitative estimate of drug-likeness (QED) is 0.762. The fraction of sp³-hybridized carbons (Fsp3) is 0.444. The Bertz CT molecular complexity index is 797. The Morgan fingerprint density at radius 1 is 1.20 bits per heavy atom. The number of hydrogen-bond acceptors (Lipinski definition) is 7. The first-order valence-corrected chi connectivity index (χ1v) is 8.64. The van der Waals surface area contributed by atoms with Crippen LogP contribution in [0.1, 0.15) is 30.4 Å². The maximum atomic E-state index is 9.64. The number of phenolic OH excluding ortho intramolecular Hbond substituents is 1. The predicted octanol–water partition coefficient (Wildman–Crippen LogP) is 1.71. The van der Waals surface area contributed by atoms with E-state index >= 15 is 0 Å². The van der Waals surface area contributed by atoms with Crippen LogP contribution in [0.15, 0.2) is 24.3 Å². The first kappa shape index (κ1) is 16.0. The van der Waals surface area contributed by atoms with Crippen molar-refractivity contribution in [1.29, 1.82) is 0 Å².